The minimum atomic E-state index is 0.175. The maximum absolute atomic E-state index is 5.43. The van der Waals surface area contributed by atoms with Crippen molar-refractivity contribution in [3.63, 3.8) is 0 Å². The quantitative estimate of drug-likeness (QED) is 0.555. The van der Waals surface area contributed by atoms with Gasteiger partial charge < -0.3 is 9.47 Å². The lowest BCUT2D eigenvalue weighted by Gasteiger charge is -1.93. The van der Waals surface area contributed by atoms with Gasteiger partial charge in [-0.3, -0.25) is 0 Å². The Morgan fingerprint density at radius 1 is 1.40 bits per heavy atom. The summed E-state index contributed by atoms with van der Waals surface area (Å²) in [7, 11) is 0. The molecule has 2 saturated heterocycles. The normalized spacial score (nSPS) is 41.4. The van der Waals surface area contributed by atoms with E-state index in [2.05, 4.69) is 13.8 Å². The van der Waals surface area contributed by atoms with Crippen LogP contribution in [0.25, 0.3) is 0 Å². The lowest BCUT2D eigenvalue weighted by atomic mass is 10.1. The second-order valence-corrected chi connectivity index (χ2v) is 3.74. The summed E-state index contributed by atoms with van der Waals surface area (Å²) in [4.78, 5) is 0. The van der Waals surface area contributed by atoms with Gasteiger partial charge in [-0.1, -0.05) is 0 Å². The summed E-state index contributed by atoms with van der Waals surface area (Å²) >= 11 is 0. The topological polar surface area (TPSA) is 25.1 Å². The predicted octanol–water partition coefficient (Wildman–Crippen LogP) is 1.34. The second kappa shape index (κ2) is 1.95. The highest BCUT2D eigenvalue weighted by molar-refractivity contribution is 4.95. The maximum atomic E-state index is 5.43. The number of epoxide rings is 2. The average Bonchev–Trinajstić information content (AvgIpc) is 2.65. The molecule has 2 aliphatic rings. The third kappa shape index (κ3) is 1.32. The van der Waals surface area contributed by atoms with Gasteiger partial charge in [0.05, 0.1) is 24.4 Å². The van der Waals surface area contributed by atoms with Gasteiger partial charge in [-0.15, -0.1) is 0 Å². The van der Waals surface area contributed by atoms with Crippen LogP contribution in [0.3, 0.4) is 0 Å². The molecule has 2 unspecified atom stereocenters. The number of hydrogen-bond donors (Lipinski definition) is 0. The Morgan fingerprint density at radius 3 is 2.40 bits per heavy atom. The smallest absolute Gasteiger partial charge is 0.0892 e. The molecule has 2 atom stereocenters. The van der Waals surface area contributed by atoms with Gasteiger partial charge in [0, 0.05) is 0 Å². The van der Waals surface area contributed by atoms with Crippen molar-refractivity contribution >= 4 is 0 Å². The lowest BCUT2D eigenvalue weighted by Crippen LogP contribution is -2.03. The van der Waals surface area contributed by atoms with Crippen LogP contribution in [0.5, 0.6) is 0 Å². The van der Waals surface area contributed by atoms with Crippen molar-refractivity contribution in [3.05, 3.63) is 0 Å². The van der Waals surface area contributed by atoms with E-state index >= 15 is 0 Å². The molecule has 0 radical (unpaired) electrons. The van der Waals surface area contributed by atoms with E-state index in [1.165, 1.54) is 12.8 Å². The first-order chi connectivity index (χ1) is 4.68. The fraction of sp³-hybridized carbons (Fsp3) is 1.00. The molecule has 0 aromatic heterocycles. The standard InChI is InChI=1S/C8H14O2/c1-8(2)7(10-8)4-3-6-5-9-6/h6-7H,3-5H2,1-2H3. The highest BCUT2D eigenvalue weighted by Crippen LogP contribution is 2.39. The average molecular weight is 142 g/mol. The summed E-state index contributed by atoms with van der Waals surface area (Å²) in [6.07, 6.45) is 3.45. The Balaban J connectivity index is 1.64. The Bertz CT molecular complexity index is 138. The van der Waals surface area contributed by atoms with Crippen molar-refractivity contribution in [2.24, 2.45) is 0 Å². The third-order valence-electron chi connectivity index (χ3n) is 2.32. The molecule has 2 heterocycles. The monoisotopic (exact) mass is 142 g/mol. The van der Waals surface area contributed by atoms with Gasteiger partial charge in [-0.05, 0) is 26.7 Å². The zero-order chi connectivity index (χ0) is 7.19. The number of ether oxygens (including phenoxy) is 2. The summed E-state index contributed by atoms with van der Waals surface area (Å²) in [6, 6.07) is 0. The van der Waals surface area contributed by atoms with Gasteiger partial charge in [0.2, 0.25) is 0 Å². The summed E-state index contributed by atoms with van der Waals surface area (Å²) in [6.45, 7) is 5.27. The summed E-state index contributed by atoms with van der Waals surface area (Å²) in [5.41, 5.74) is 0.175. The van der Waals surface area contributed by atoms with Gasteiger partial charge in [-0.25, -0.2) is 0 Å². The first-order valence-corrected chi connectivity index (χ1v) is 3.98. The molecule has 58 valence electrons. The number of hydrogen-bond acceptors (Lipinski definition) is 2. The van der Waals surface area contributed by atoms with Crippen LogP contribution in [0.4, 0.5) is 0 Å². The molecule has 0 N–H and O–H groups in total. The van der Waals surface area contributed by atoms with Crippen LogP contribution < -0.4 is 0 Å². The molecular weight excluding hydrogens is 128 g/mol. The van der Waals surface area contributed by atoms with Crippen LogP contribution >= 0.6 is 0 Å². The largest absolute Gasteiger partial charge is 0.373 e. The lowest BCUT2D eigenvalue weighted by molar-refractivity contribution is 0.312. The molecule has 0 aliphatic carbocycles. The molecule has 0 bridgehead atoms. The molecule has 2 fully saturated rings. The van der Waals surface area contributed by atoms with Gasteiger partial charge >= 0.3 is 0 Å². The molecule has 10 heavy (non-hydrogen) atoms. The van der Waals surface area contributed by atoms with Crippen LogP contribution in [0, 0.1) is 0 Å². The summed E-state index contributed by atoms with van der Waals surface area (Å²) in [5, 5.41) is 0. The van der Waals surface area contributed by atoms with E-state index in [1.807, 2.05) is 0 Å². The van der Waals surface area contributed by atoms with Gasteiger partial charge in [0.1, 0.15) is 0 Å². The van der Waals surface area contributed by atoms with E-state index in [9.17, 15) is 0 Å². The van der Waals surface area contributed by atoms with E-state index in [4.69, 9.17) is 9.47 Å². The minimum Gasteiger partial charge on any atom is -0.373 e. The molecule has 2 rings (SSSR count). The molecular formula is C8H14O2. The van der Waals surface area contributed by atoms with E-state index in [0.717, 1.165) is 6.61 Å². The maximum Gasteiger partial charge on any atom is 0.0892 e. The Morgan fingerprint density at radius 2 is 2.00 bits per heavy atom. The minimum absolute atomic E-state index is 0.175. The zero-order valence-electron chi connectivity index (χ0n) is 6.59. The SMILES string of the molecule is CC1(C)OC1CCC1CO1. The molecule has 0 aromatic rings. The highest BCUT2D eigenvalue weighted by atomic mass is 16.6. The van der Waals surface area contributed by atoms with E-state index in [-0.39, 0.29) is 5.60 Å². The molecule has 0 spiro atoms. The van der Waals surface area contributed by atoms with Crippen LogP contribution in [-0.4, -0.2) is 24.4 Å². The van der Waals surface area contributed by atoms with Crippen molar-refractivity contribution < 1.29 is 9.47 Å². The Hall–Kier alpha value is -0.0800. The molecule has 2 aliphatic heterocycles. The molecule has 0 aromatic carbocycles. The van der Waals surface area contributed by atoms with E-state index in [1.54, 1.807) is 0 Å². The molecule has 0 saturated carbocycles. The fourth-order valence-electron chi connectivity index (χ4n) is 1.31. The summed E-state index contributed by atoms with van der Waals surface area (Å²) < 4.78 is 10.5. The molecule has 2 heteroatoms. The van der Waals surface area contributed by atoms with Crippen LogP contribution in [-0.2, 0) is 9.47 Å². The van der Waals surface area contributed by atoms with Crippen molar-refractivity contribution in [1.29, 1.82) is 0 Å². The van der Waals surface area contributed by atoms with Crippen molar-refractivity contribution in [2.45, 2.75) is 44.5 Å². The second-order valence-electron chi connectivity index (χ2n) is 3.74. The summed E-state index contributed by atoms with van der Waals surface area (Å²) in [5.74, 6) is 0. The highest BCUT2D eigenvalue weighted by Gasteiger charge is 2.47. The Labute approximate surface area is 61.5 Å². The molecule has 0 amide bonds. The fourth-order valence-corrected chi connectivity index (χ4v) is 1.31. The van der Waals surface area contributed by atoms with Gasteiger partial charge in [-0.2, -0.15) is 0 Å². The van der Waals surface area contributed by atoms with Crippen molar-refractivity contribution in [3.8, 4) is 0 Å². The predicted molar refractivity (Wildman–Crippen MR) is 37.9 cm³/mol. The van der Waals surface area contributed by atoms with Crippen molar-refractivity contribution in [2.75, 3.05) is 6.61 Å². The van der Waals surface area contributed by atoms with E-state index < -0.39 is 0 Å². The van der Waals surface area contributed by atoms with Gasteiger partial charge in [0.15, 0.2) is 0 Å². The Kier molecular flexibility index (Phi) is 1.29. The number of rotatable bonds is 3. The zero-order valence-corrected chi connectivity index (χ0v) is 6.59. The first kappa shape index (κ1) is 6.62. The third-order valence-corrected chi connectivity index (χ3v) is 2.32. The molecule has 2 nitrogen and oxygen atoms in total. The van der Waals surface area contributed by atoms with Crippen molar-refractivity contribution in [1.82, 2.24) is 0 Å². The van der Waals surface area contributed by atoms with E-state index in [0.29, 0.717) is 12.2 Å². The van der Waals surface area contributed by atoms with Crippen LogP contribution in [0.15, 0.2) is 0 Å². The van der Waals surface area contributed by atoms with Crippen LogP contribution in [0.2, 0.25) is 0 Å². The van der Waals surface area contributed by atoms with Crippen LogP contribution in [0.1, 0.15) is 26.7 Å². The first-order valence-electron chi connectivity index (χ1n) is 3.98. The van der Waals surface area contributed by atoms with Gasteiger partial charge in [0.25, 0.3) is 0 Å².